The van der Waals surface area contributed by atoms with Crippen molar-refractivity contribution in [3.05, 3.63) is 47.5 Å². The second-order valence-electron chi connectivity index (χ2n) is 7.47. The number of allylic oxidation sites excluding steroid dienone is 1. The van der Waals surface area contributed by atoms with Gasteiger partial charge in [-0.1, -0.05) is 49.8 Å². The lowest BCUT2D eigenvalue weighted by Crippen LogP contribution is -2.32. The summed E-state index contributed by atoms with van der Waals surface area (Å²) in [5, 5.41) is 0. The minimum atomic E-state index is -0.881. The number of Topliss-reactive ketones (excluding diaryl/α,β-unsaturated/α-hetero) is 2. The Hall–Kier alpha value is -2.23. The predicted molar refractivity (Wildman–Crippen MR) is 94.1 cm³/mol. The van der Waals surface area contributed by atoms with Crippen molar-refractivity contribution in [2.24, 2.45) is 10.8 Å². The fourth-order valence-electron chi connectivity index (χ4n) is 4.42. The average Bonchev–Trinajstić information content (AvgIpc) is 2.75. The van der Waals surface area contributed by atoms with Gasteiger partial charge in [0.2, 0.25) is 0 Å². The van der Waals surface area contributed by atoms with E-state index >= 15 is 0 Å². The Balaban J connectivity index is 1.95. The summed E-state index contributed by atoms with van der Waals surface area (Å²) < 4.78 is 5.06. The second kappa shape index (κ2) is 6.58. The Kier molecular flexibility index (Phi) is 4.63. The van der Waals surface area contributed by atoms with Gasteiger partial charge in [0.25, 0.3) is 0 Å². The molecule has 2 aliphatic rings. The van der Waals surface area contributed by atoms with Gasteiger partial charge in [-0.15, -0.1) is 0 Å². The van der Waals surface area contributed by atoms with E-state index < -0.39 is 10.8 Å². The van der Waals surface area contributed by atoms with Crippen molar-refractivity contribution in [3.63, 3.8) is 0 Å². The van der Waals surface area contributed by atoms with E-state index in [9.17, 15) is 14.4 Å². The summed E-state index contributed by atoms with van der Waals surface area (Å²) in [5.41, 5.74) is -0.567. The molecule has 132 valence electrons. The van der Waals surface area contributed by atoms with Crippen LogP contribution in [-0.2, 0) is 14.3 Å². The van der Waals surface area contributed by atoms with E-state index in [1.54, 1.807) is 12.1 Å². The second-order valence-corrected chi connectivity index (χ2v) is 7.47. The number of benzene rings is 1. The lowest BCUT2D eigenvalue weighted by atomic mass is 9.74. The first-order valence-electron chi connectivity index (χ1n) is 8.85. The zero-order valence-corrected chi connectivity index (χ0v) is 14.8. The third-order valence-corrected chi connectivity index (χ3v) is 5.63. The molecule has 2 unspecified atom stereocenters. The number of rotatable bonds is 4. The Morgan fingerprint density at radius 1 is 1.16 bits per heavy atom. The first-order chi connectivity index (χ1) is 11.9. The fourth-order valence-corrected chi connectivity index (χ4v) is 4.42. The van der Waals surface area contributed by atoms with Crippen molar-refractivity contribution >= 4 is 17.5 Å². The summed E-state index contributed by atoms with van der Waals surface area (Å²) in [5.74, 6) is -0.470. The standard InChI is InChI=1S/C21H24O4/c1-20(13-17(22)15-9-5-3-6-10-15)14-21(19(24)25-2)12-8-4-7-11-16(21)18(20)23/h3,5-6,9-11H,4,7-8,12-14H2,1-2H3. The largest absolute Gasteiger partial charge is 0.468 e. The first-order valence-corrected chi connectivity index (χ1v) is 8.85. The van der Waals surface area contributed by atoms with Crippen molar-refractivity contribution in [3.8, 4) is 0 Å². The molecule has 0 radical (unpaired) electrons. The van der Waals surface area contributed by atoms with Crippen LogP contribution in [0.3, 0.4) is 0 Å². The third-order valence-electron chi connectivity index (χ3n) is 5.63. The quantitative estimate of drug-likeness (QED) is 0.616. The van der Waals surface area contributed by atoms with Crippen LogP contribution in [0.5, 0.6) is 0 Å². The Morgan fingerprint density at radius 2 is 1.88 bits per heavy atom. The summed E-state index contributed by atoms with van der Waals surface area (Å²) in [6.45, 7) is 1.82. The van der Waals surface area contributed by atoms with Gasteiger partial charge >= 0.3 is 5.97 Å². The number of ether oxygens (including phenoxy) is 1. The van der Waals surface area contributed by atoms with Crippen molar-refractivity contribution in [1.82, 2.24) is 0 Å². The highest BCUT2D eigenvalue weighted by Gasteiger charge is 2.60. The molecule has 25 heavy (non-hydrogen) atoms. The molecule has 4 nitrogen and oxygen atoms in total. The summed E-state index contributed by atoms with van der Waals surface area (Å²) >= 11 is 0. The number of hydrogen-bond acceptors (Lipinski definition) is 4. The number of esters is 1. The molecule has 0 heterocycles. The lowest BCUT2D eigenvalue weighted by molar-refractivity contribution is -0.151. The summed E-state index contributed by atoms with van der Waals surface area (Å²) in [6.07, 6.45) is 5.64. The van der Waals surface area contributed by atoms with Gasteiger partial charge in [-0.25, -0.2) is 0 Å². The van der Waals surface area contributed by atoms with Gasteiger partial charge in [-0.05, 0) is 25.7 Å². The van der Waals surface area contributed by atoms with Crippen molar-refractivity contribution in [2.45, 2.75) is 45.4 Å². The molecule has 4 heteroatoms. The number of methoxy groups -OCH3 is 1. The highest BCUT2D eigenvalue weighted by atomic mass is 16.5. The number of fused-ring (bicyclic) bond motifs is 1. The van der Waals surface area contributed by atoms with Gasteiger partial charge in [0.1, 0.15) is 0 Å². The molecule has 2 aliphatic carbocycles. The summed E-state index contributed by atoms with van der Waals surface area (Å²) in [6, 6.07) is 9.01. The van der Waals surface area contributed by atoms with E-state index in [4.69, 9.17) is 4.74 Å². The van der Waals surface area contributed by atoms with Gasteiger partial charge in [0, 0.05) is 23.0 Å². The van der Waals surface area contributed by atoms with Crippen LogP contribution in [0.25, 0.3) is 0 Å². The van der Waals surface area contributed by atoms with Gasteiger partial charge in [-0.2, -0.15) is 0 Å². The molecule has 1 fully saturated rings. The maximum Gasteiger partial charge on any atom is 0.316 e. The van der Waals surface area contributed by atoms with Crippen LogP contribution in [0, 0.1) is 10.8 Å². The van der Waals surface area contributed by atoms with Crippen LogP contribution in [0.1, 0.15) is 55.8 Å². The lowest BCUT2D eigenvalue weighted by Gasteiger charge is -2.28. The van der Waals surface area contributed by atoms with Crippen LogP contribution in [0.15, 0.2) is 42.0 Å². The van der Waals surface area contributed by atoms with Crippen LogP contribution in [0.2, 0.25) is 0 Å². The van der Waals surface area contributed by atoms with E-state index in [1.165, 1.54) is 7.11 Å². The smallest absolute Gasteiger partial charge is 0.316 e. The molecule has 0 aromatic heterocycles. The van der Waals surface area contributed by atoms with Gasteiger partial charge in [0.15, 0.2) is 11.6 Å². The van der Waals surface area contributed by atoms with Crippen LogP contribution in [0.4, 0.5) is 0 Å². The van der Waals surface area contributed by atoms with Gasteiger partial charge < -0.3 is 4.74 Å². The molecule has 0 bridgehead atoms. The molecule has 0 N–H and O–H groups in total. The molecule has 1 aromatic carbocycles. The fraction of sp³-hybridized carbons (Fsp3) is 0.476. The minimum Gasteiger partial charge on any atom is -0.468 e. The minimum absolute atomic E-state index is 0.0616. The number of hydrogen-bond donors (Lipinski definition) is 0. The predicted octanol–water partition coefficient (Wildman–Crippen LogP) is 3.90. The molecule has 1 aromatic rings. The Morgan fingerprint density at radius 3 is 2.56 bits per heavy atom. The molecule has 2 atom stereocenters. The van der Waals surface area contributed by atoms with Gasteiger partial charge in [-0.3, -0.25) is 14.4 Å². The molecule has 0 amide bonds. The number of ketones is 2. The van der Waals surface area contributed by atoms with E-state index in [1.807, 2.05) is 31.2 Å². The van der Waals surface area contributed by atoms with Crippen LogP contribution in [-0.4, -0.2) is 24.6 Å². The molecule has 0 spiro atoms. The zero-order valence-electron chi connectivity index (χ0n) is 14.8. The summed E-state index contributed by atoms with van der Waals surface area (Å²) in [7, 11) is 1.37. The third kappa shape index (κ3) is 2.94. The molecule has 3 rings (SSSR count). The molecule has 1 saturated carbocycles. The average molecular weight is 340 g/mol. The molecule has 0 aliphatic heterocycles. The Bertz CT molecular complexity index is 734. The van der Waals surface area contributed by atoms with E-state index in [2.05, 4.69) is 0 Å². The monoisotopic (exact) mass is 340 g/mol. The van der Waals surface area contributed by atoms with E-state index in [0.29, 0.717) is 24.0 Å². The highest BCUT2D eigenvalue weighted by Crippen LogP contribution is 2.56. The maximum absolute atomic E-state index is 13.2. The van der Waals surface area contributed by atoms with Crippen LogP contribution < -0.4 is 0 Å². The van der Waals surface area contributed by atoms with E-state index in [-0.39, 0.29) is 24.0 Å². The topological polar surface area (TPSA) is 60.4 Å². The maximum atomic E-state index is 13.2. The van der Waals surface area contributed by atoms with E-state index in [0.717, 1.165) is 19.3 Å². The van der Waals surface area contributed by atoms with Crippen LogP contribution >= 0.6 is 0 Å². The first kappa shape index (κ1) is 17.6. The van der Waals surface area contributed by atoms with Crippen molar-refractivity contribution in [2.75, 3.05) is 7.11 Å². The highest BCUT2D eigenvalue weighted by molar-refractivity contribution is 6.11. The normalized spacial score (nSPS) is 28.7. The summed E-state index contributed by atoms with van der Waals surface area (Å²) in [4.78, 5) is 38.5. The number of carbonyl (C=O) groups excluding carboxylic acids is 3. The molecular formula is C21H24O4. The molecular weight excluding hydrogens is 316 g/mol. The Labute approximate surface area is 148 Å². The SMILES string of the molecule is COC(=O)C12CCCCC=C1C(=O)C(C)(CC(=O)c1ccccc1)C2. The zero-order chi connectivity index (χ0) is 18.1. The molecule has 0 saturated heterocycles. The van der Waals surface area contributed by atoms with Crippen molar-refractivity contribution < 1.29 is 19.1 Å². The van der Waals surface area contributed by atoms with Crippen molar-refractivity contribution in [1.29, 1.82) is 0 Å². The number of carbonyl (C=O) groups is 3. The van der Waals surface area contributed by atoms with Gasteiger partial charge in [0.05, 0.1) is 12.5 Å².